The highest BCUT2D eigenvalue weighted by Crippen LogP contribution is 2.46. The Bertz CT molecular complexity index is 1740. The van der Waals surface area contributed by atoms with Gasteiger partial charge in [-0.1, -0.05) is 17.4 Å². The molecular weight excluding hydrogens is 556 g/mol. The molecule has 3 heterocycles. The Kier molecular flexibility index (Phi) is 7.24. The van der Waals surface area contributed by atoms with Crippen molar-refractivity contribution in [2.45, 2.75) is 39.3 Å². The first kappa shape index (κ1) is 27.6. The first-order valence-corrected chi connectivity index (χ1v) is 14.6. The number of fused-ring (bicyclic) bond motifs is 2. The van der Waals surface area contributed by atoms with Crippen molar-refractivity contribution in [1.82, 2.24) is 4.98 Å². The minimum absolute atomic E-state index is 0.0153. The van der Waals surface area contributed by atoms with E-state index in [4.69, 9.17) is 23.9 Å². The number of carbonyl (C=O) groups is 2. The van der Waals surface area contributed by atoms with Gasteiger partial charge in [0.05, 0.1) is 42.2 Å². The second-order valence-electron chi connectivity index (χ2n) is 10.0. The van der Waals surface area contributed by atoms with Gasteiger partial charge in [0, 0.05) is 12.0 Å². The van der Waals surface area contributed by atoms with Crippen LogP contribution in [0.2, 0.25) is 0 Å². The van der Waals surface area contributed by atoms with Crippen LogP contribution in [-0.4, -0.2) is 48.2 Å². The van der Waals surface area contributed by atoms with E-state index in [0.29, 0.717) is 58.7 Å². The number of Topliss-reactive ketones (excluding diaryl/α,β-unsaturated/α-hetero) is 1. The van der Waals surface area contributed by atoms with Crippen molar-refractivity contribution in [1.29, 1.82) is 0 Å². The van der Waals surface area contributed by atoms with E-state index in [2.05, 4.69) is 0 Å². The molecule has 6 rings (SSSR count). The van der Waals surface area contributed by atoms with Gasteiger partial charge in [0.25, 0.3) is 5.78 Å². The van der Waals surface area contributed by atoms with Gasteiger partial charge in [0.1, 0.15) is 23.4 Å². The number of anilines is 1. The quantitative estimate of drug-likeness (QED) is 0.151. The molecule has 4 aromatic rings. The van der Waals surface area contributed by atoms with E-state index in [-0.39, 0.29) is 17.4 Å². The lowest BCUT2D eigenvalue weighted by Crippen LogP contribution is -2.29. The number of ketones is 1. The third kappa shape index (κ3) is 4.71. The first-order valence-electron chi connectivity index (χ1n) is 13.8. The van der Waals surface area contributed by atoms with Crippen molar-refractivity contribution in [3.63, 3.8) is 0 Å². The molecule has 2 unspecified atom stereocenters. The minimum atomic E-state index is -0.967. The molecule has 0 saturated carbocycles. The highest BCUT2D eigenvalue weighted by Gasteiger charge is 2.48. The maximum Gasteiger partial charge on any atom is 0.301 e. The second kappa shape index (κ2) is 11.0. The molecule has 216 valence electrons. The largest absolute Gasteiger partial charge is 0.507 e. The fourth-order valence-corrected chi connectivity index (χ4v) is 6.45. The Morgan fingerprint density at radius 3 is 2.60 bits per heavy atom. The number of aromatic nitrogens is 1. The third-order valence-corrected chi connectivity index (χ3v) is 8.30. The van der Waals surface area contributed by atoms with Gasteiger partial charge in [-0.3, -0.25) is 14.5 Å². The van der Waals surface area contributed by atoms with Gasteiger partial charge in [-0.25, -0.2) is 4.98 Å². The zero-order chi connectivity index (χ0) is 29.5. The molecule has 2 atom stereocenters. The molecule has 1 saturated heterocycles. The van der Waals surface area contributed by atoms with Crippen molar-refractivity contribution in [2.75, 3.05) is 25.2 Å². The Hall–Kier alpha value is -4.57. The zero-order valence-electron chi connectivity index (χ0n) is 23.7. The third-order valence-electron chi connectivity index (χ3n) is 7.29. The van der Waals surface area contributed by atoms with Crippen LogP contribution in [0.5, 0.6) is 23.0 Å². The van der Waals surface area contributed by atoms with Crippen LogP contribution in [0.4, 0.5) is 5.13 Å². The fourth-order valence-electron chi connectivity index (χ4n) is 5.43. The van der Waals surface area contributed by atoms with Gasteiger partial charge >= 0.3 is 5.91 Å². The second-order valence-corrected chi connectivity index (χ2v) is 11.0. The number of carbonyl (C=O) groups excluding carboxylic acids is 2. The molecule has 9 nitrogen and oxygen atoms in total. The van der Waals surface area contributed by atoms with E-state index in [1.165, 1.54) is 16.2 Å². The lowest BCUT2D eigenvalue weighted by Gasteiger charge is -2.24. The van der Waals surface area contributed by atoms with Gasteiger partial charge in [-0.15, -0.1) is 0 Å². The Morgan fingerprint density at radius 2 is 1.83 bits per heavy atom. The van der Waals surface area contributed by atoms with E-state index in [0.717, 1.165) is 16.0 Å². The van der Waals surface area contributed by atoms with Crippen LogP contribution in [0.25, 0.3) is 16.0 Å². The molecule has 1 N–H and O–H groups in total. The van der Waals surface area contributed by atoms with Crippen molar-refractivity contribution in [2.24, 2.45) is 0 Å². The molecule has 1 amide bonds. The number of benzene rings is 3. The summed E-state index contributed by atoms with van der Waals surface area (Å²) in [6.45, 7) is 6.54. The van der Waals surface area contributed by atoms with E-state index in [1.54, 1.807) is 49.6 Å². The highest BCUT2D eigenvalue weighted by atomic mass is 32.1. The number of amides is 1. The summed E-state index contributed by atoms with van der Waals surface area (Å²) in [6.07, 6.45) is 0.696. The van der Waals surface area contributed by atoms with Gasteiger partial charge in [0.2, 0.25) is 0 Å². The summed E-state index contributed by atoms with van der Waals surface area (Å²) >= 11 is 1.27. The summed E-state index contributed by atoms with van der Waals surface area (Å²) in [4.78, 5) is 33.5. The molecule has 42 heavy (non-hydrogen) atoms. The fraction of sp³-hybridized carbons (Fsp3) is 0.281. The minimum Gasteiger partial charge on any atom is -0.507 e. The van der Waals surface area contributed by atoms with E-state index in [9.17, 15) is 14.7 Å². The number of rotatable bonds is 8. The number of thiazole rings is 1. The van der Waals surface area contributed by atoms with Gasteiger partial charge < -0.3 is 24.1 Å². The topological polar surface area (TPSA) is 107 Å². The number of hydrogen-bond donors (Lipinski definition) is 1. The van der Waals surface area contributed by atoms with Crippen LogP contribution in [0.3, 0.4) is 0 Å². The van der Waals surface area contributed by atoms with Crippen molar-refractivity contribution >= 4 is 44.1 Å². The molecule has 0 aliphatic carbocycles. The predicted molar refractivity (Wildman–Crippen MR) is 160 cm³/mol. The standard InChI is InChI=1S/C32H30N2O7S/c1-5-39-24-12-7-18(15-25(24)40-6-2)28-27(29(35)19-8-11-23-20(14-19)13-17(3)41-23)30(36)31(37)34(28)32-33-22-10-9-21(38-4)16-26(22)42-32/h7-12,14-17,28,35H,5-6,13H2,1-4H3/b29-27-. The lowest BCUT2D eigenvalue weighted by atomic mass is 9.94. The van der Waals surface area contributed by atoms with E-state index >= 15 is 0 Å². The number of nitrogens with zero attached hydrogens (tertiary/aromatic N) is 2. The molecule has 0 spiro atoms. The van der Waals surface area contributed by atoms with Crippen molar-refractivity contribution in [3.8, 4) is 23.0 Å². The van der Waals surface area contributed by atoms with Crippen LogP contribution < -0.4 is 23.8 Å². The summed E-state index contributed by atoms with van der Waals surface area (Å²) in [5.74, 6) is 0.564. The van der Waals surface area contributed by atoms with Crippen molar-refractivity contribution < 1.29 is 33.6 Å². The molecule has 1 aromatic heterocycles. The van der Waals surface area contributed by atoms with E-state index in [1.807, 2.05) is 32.9 Å². The molecule has 0 radical (unpaired) electrons. The number of aliphatic hydroxyl groups excluding tert-OH is 1. The summed E-state index contributed by atoms with van der Waals surface area (Å²) in [6, 6.07) is 15.0. The zero-order valence-corrected chi connectivity index (χ0v) is 24.5. The van der Waals surface area contributed by atoms with Gasteiger partial charge in [0.15, 0.2) is 16.6 Å². The Labute approximate surface area is 246 Å². The molecule has 2 aliphatic heterocycles. The normalized spacial score (nSPS) is 19.2. The number of aliphatic hydroxyl groups is 1. The number of methoxy groups -OCH3 is 1. The maximum absolute atomic E-state index is 13.7. The first-order chi connectivity index (χ1) is 20.3. The average molecular weight is 587 g/mol. The average Bonchev–Trinajstić information content (AvgIpc) is 3.65. The molecular formula is C32H30N2O7S. The van der Waals surface area contributed by atoms with Crippen molar-refractivity contribution in [3.05, 3.63) is 76.9 Å². The molecule has 3 aromatic carbocycles. The summed E-state index contributed by atoms with van der Waals surface area (Å²) in [5.41, 5.74) is 2.55. The molecule has 0 bridgehead atoms. The summed E-state index contributed by atoms with van der Waals surface area (Å²) in [5, 5.41) is 12.0. The van der Waals surface area contributed by atoms with Crippen LogP contribution in [0, 0.1) is 0 Å². The van der Waals surface area contributed by atoms with Crippen LogP contribution in [0.15, 0.2) is 60.2 Å². The van der Waals surface area contributed by atoms with Crippen LogP contribution in [0.1, 0.15) is 43.5 Å². The molecule has 1 fully saturated rings. The SMILES string of the molecule is CCOc1ccc(C2/C(=C(/O)c3ccc4c(c3)CC(C)O4)C(=O)C(=O)N2c2nc3ccc(OC)cc3s2)cc1OCC. The highest BCUT2D eigenvalue weighted by molar-refractivity contribution is 7.22. The number of hydrogen-bond acceptors (Lipinski definition) is 9. The summed E-state index contributed by atoms with van der Waals surface area (Å²) < 4.78 is 23.6. The van der Waals surface area contributed by atoms with Gasteiger partial charge in [-0.2, -0.15) is 0 Å². The predicted octanol–water partition coefficient (Wildman–Crippen LogP) is 6.05. The lowest BCUT2D eigenvalue weighted by molar-refractivity contribution is -0.132. The maximum atomic E-state index is 13.7. The molecule has 10 heteroatoms. The van der Waals surface area contributed by atoms with E-state index < -0.39 is 17.7 Å². The van der Waals surface area contributed by atoms with Gasteiger partial charge in [-0.05, 0) is 80.4 Å². The van der Waals surface area contributed by atoms with Crippen LogP contribution in [-0.2, 0) is 16.0 Å². The smallest absolute Gasteiger partial charge is 0.301 e. The summed E-state index contributed by atoms with van der Waals surface area (Å²) in [7, 11) is 1.58. The monoisotopic (exact) mass is 586 g/mol. The number of ether oxygens (including phenoxy) is 4. The Balaban J connectivity index is 1.54. The van der Waals surface area contributed by atoms with Crippen LogP contribution >= 0.6 is 11.3 Å². The Morgan fingerprint density at radius 1 is 1.05 bits per heavy atom. The molecule has 2 aliphatic rings.